The lowest BCUT2D eigenvalue weighted by atomic mass is 10.2. The first kappa shape index (κ1) is 18.6. The third-order valence-electron chi connectivity index (χ3n) is 3.64. The van der Waals surface area contributed by atoms with Crippen molar-refractivity contribution in [2.24, 2.45) is 0 Å². The van der Waals surface area contributed by atoms with Gasteiger partial charge in [0.05, 0.1) is 5.75 Å². The average Bonchev–Trinajstić information content (AvgIpc) is 2.65. The number of hydrogen-bond donors (Lipinski definition) is 3. The van der Waals surface area contributed by atoms with E-state index in [1.165, 1.54) is 13.4 Å². The number of ether oxygens (including phenoxy) is 1. The molecule has 9 heteroatoms. The Labute approximate surface area is 157 Å². The summed E-state index contributed by atoms with van der Waals surface area (Å²) in [5.41, 5.74) is 7.75. The van der Waals surface area contributed by atoms with Gasteiger partial charge in [-0.05, 0) is 49.0 Å². The van der Waals surface area contributed by atoms with Crippen molar-refractivity contribution < 1.29 is 13.2 Å². The second-order valence-corrected chi connectivity index (χ2v) is 7.62. The highest BCUT2D eigenvalue weighted by Gasteiger charge is 2.08. The molecule has 0 aliphatic heterocycles. The zero-order chi connectivity index (χ0) is 19.3. The first-order chi connectivity index (χ1) is 12.9. The molecule has 3 aromatic rings. The number of benzene rings is 2. The molecule has 0 bridgehead atoms. The Morgan fingerprint density at radius 2 is 1.74 bits per heavy atom. The van der Waals surface area contributed by atoms with Crippen LogP contribution in [0.4, 0.5) is 17.2 Å². The summed E-state index contributed by atoms with van der Waals surface area (Å²) in [5, 5.41) is 3.13. The number of nitrogens with two attached hydrogens (primary N) is 1. The molecule has 8 nitrogen and oxygen atoms in total. The van der Waals surface area contributed by atoms with E-state index in [0.717, 1.165) is 5.69 Å². The topological polar surface area (TPSA) is 119 Å². The molecular formula is C18H19N5O3S. The van der Waals surface area contributed by atoms with Crippen molar-refractivity contribution in [1.82, 2.24) is 14.7 Å². The van der Waals surface area contributed by atoms with E-state index >= 15 is 0 Å². The van der Waals surface area contributed by atoms with Crippen molar-refractivity contribution >= 4 is 27.2 Å². The molecule has 2 aromatic carbocycles. The van der Waals surface area contributed by atoms with E-state index in [1.54, 1.807) is 54.6 Å². The summed E-state index contributed by atoms with van der Waals surface area (Å²) in [4.78, 5) is 8.24. The van der Waals surface area contributed by atoms with Crippen LogP contribution in [0.25, 0.3) is 0 Å². The molecule has 3 rings (SSSR count). The Morgan fingerprint density at radius 1 is 1.04 bits per heavy atom. The van der Waals surface area contributed by atoms with Gasteiger partial charge < -0.3 is 15.8 Å². The second-order valence-electron chi connectivity index (χ2n) is 5.70. The summed E-state index contributed by atoms with van der Waals surface area (Å²) in [7, 11) is -1.90. The normalized spacial score (nSPS) is 11.1. The molecule has 27 heavy (non-hydrogen) atoms. The third-order valence-corrected chi connectivity index (χ3v) is 4.97. The highest BCUT2D eigenvalue weighted by atomic mass is 32.2. The number of sulfonamides is 1. The minimum Gasteiger partial charge on any atom is -0.439 e. The van der Waals surface area contributed by atoms with Crippen LogP contribution in [0, 0.1) is 0 Å². The maximum Gasteiger partial charge on any atom is 0.224 e. The molecule has 140 valence electrons. The second kappa shape index (κ2) is 8.02. The molecule has 0 fully saturated rings. The number of rotatable bonds is 7. The van der Waals surface area contributed by atoms with Crippen molar-refractivity contribution in [3.63, 3.8) is 0 Å². The van der Waals surface area contributed by atoms with Gasteiger partial charge in [-0.3, -0.25) is 0 Å². The maximum absolute atomic E-state index is 11.6. The van der Waals surface area contributed by atoms with Gasteiger partial charge in [0.15, 0.2) is 0 Å². The smallest absolute Gasteiger partial charge is 0.224 e. The Kier molecular flexibility index (Phi) is 5.53. The van der Waals surface area contributed by atoms with Gasteiger partial charge >= 0.3 is 0 Å². The van der Waals surface area contributed by atoms with E-state index in [4.69, 9.17) is 10.5 Å². The Hall–Kier alpha value is -3.17. The van der Waals surface area contributed by atoms with Crippen LogP contribution >= 0.6 is 0 Å². The molecule has 0 aliphatic carbocycles. The number of hydrogen-bond acceptors (Lipinski definition) is 7. The Morgan fingerprint density at radius 3 is 2.41 bits per heavy atom. The fourth-order valence-corrected chi connectivity index (χ4v) is 3.02. The minimum atomic E-state index is -3.30. The van der Waals surface area contributed by atoms with E-state index in [-0.39, 0.29) is 5.75 Å². The summed E-state index contributed by atoms with van der Waals surface area (Å²) in [6.07, 6.45) is 1.39. The molecule has 0 amide bonds. The molecule has 0 radical (unpaired) electrons. The van der Waals surface area contributed by atoms with Gasteiger partial charge in [-0.1, -0.05) is 12.1 Å². The number of nitrogens with zero attached hydrogens (tertiary/aromatic N) is 2. The third kappa shape index (κ3) is 5.40. The van der Waals surface area contributed by atoms with Crippen LogP contribution in [-0.2, 0) is 15.8 Å². The molecule has 0 saturated carbocycles. The van der Waals surface area contributed by atoms with Crippen molar-refractivity contribution in [3.8, 4) is 11.6 Å². The zero-order valence-corrected chi connectivity index (χ0v) is 15.4. The van der Waals surface area contributed by atoms with Gasteiger partial charge in [-0.15, -0.1) is 0 Å². The minimum absolute atomic E-state index is 0.0726. The molecule has 0 saturated heterocycles. The van der Waals surface area contributed by atoms with Gasteiger partial charge in [0.25, 0.3) is 0 Å². The maximum atomic E-state index is 11.6. The lowest BCUT2D eigenvalue weighted by molar-refractivity contribution is 0.462. The first-order valence-electron chi connectivity index (χ1n) is 8.06. The predicted octanol–water partition coefficient (Wildman–Crippen LogP) is 2.64. The fourth-order valence-electron chi connectivity index (χ4n) is 2.24. The molecule has 0 atom stereocenters. The van der Waals surface area contributed by atoms with Crippen molar-refractivity contribution in [1.29, 1.82) is 0 Å². The highest BCUT2D eigenvalue weighted by molar-refractivity contribution is 7.88. The van der Waals surface area contributed by atoms with E-state index in [9.17, 15) is 8.42 Å². The predicted molar refractivity (Wildman–Crippen MR) is 104 cm³/mol. The quantitative estimate of drug-likeness (QED) is 0.535. The fraction of sp³-hybridized carbons (Fsp3) is 0.111. The summed E-state index contributed by atoms with van der Waals surface area (Å²) in [5.74, 6) is 1.47. The van der Waals surface area contributed by atoms with E-state index in [1.807, 2.05) is 0 Å². The number of anilines is 3. The standard InChI is InChI=1S/C18H19N5O3S/c1-20-27(24,25)11-13-2-6-15(7-3-13)23-17-10-18(22-12-21-17)26-16-8-4-14(19)5-9-16/h2-10,12,20H,11,19H2,1H3,(H,21,22,23). The van der Waals surface area contributed by atoms with E-state index < -0.39 is 10.0 Å². The lowest BCUT2D eigenvalue weighted by Gasteiger charge is -2.09. The molecular weight excluding hydrogens is 366 g/mol. The first-order valence-corrected chi connectivity index (χ1v) is 9.71. The van der Waals surface area contributed by atoms with Crippen LogP contribution in [0.2, 0.25) is 0 Å². The highest BCUT2D eigenvalue weighted by Crippen LogP contribution is 2.23. The van der Waals surface area contributed by atoms with Gasteiger partial charge in [0.1, 0.15) is 17.9 Å². The summed E-state index contributed by atoms with van der Waals surface area (Å²) in [6.45, 7) is 0. The molecule has 1 aromatic heterocycles. The van der Waals surface area contributed by atoms with Crippen LogP contribution in [-0.4, -0.2) is 25.4 Å². The lowest BCUT2D eigenvalue weighted by Crippen LogP contribution is -2.20. The Balaban J connectivity index is 1.68. The molecule has 4 N–H and O–H groups in total. The van der Waals surface area contributed by atoms with Gasteiger partial charge in [0, 0.05) is 17.4 Å². The summed E-state index contributed by atoms with van der Waals surface area (Å²) in [6, 6.07) is 15.7. The molecule has 0 aliphatic rings. The van der Waals surface area contributed by atoms with Crippen molar-refractivity contribution in [2.45, 2.75) is 5.75 Å². The monoisotopic (exact) mass is 385 g/mol. The number of nitrogen functional groups attached to an aromatic ring is 1. The largest absolute Gasteiger partial charge is 0.439 e. The van der Waals surface area contributed by atoms with Crippen LogP contribution < -0.4 is 20.5 Å². The van der Waals surface area contributed by atoms with Crippen LogP contribution in [0.3, 0.4) is 0 Å². The molecule has 0 spiro atoms. The van der Waals surface area contributed by atoms with E-state index in [0.29, 0.717) is 28.7 Å². The van der Waals surface area contributed by atoms with E-state index in [2.05, 4.69) is 20.0 Å². The van der Waals surface area contributed by atoms with Crippen molar-refractivity contribution in [2.75, 3.05) is 18.1 Å². The van der Waals surface area contributed by atoms with Gasteiger partial charge in [-0.2, -0.15) is 0 Å². The number of nitrogens with one attached hydrogen (secondary N) is 2. The zero-order valence-electron chi connectivity index (χ0n) is 14.6. The van der Waals surface area contributed by atoms with Gasteiger partial charge in [-0.25, -0.2) is 23.1 Å². The number of aromatic nitrogens is 2. The van der Waals surface area contributed by atoms with Crippen LogP contribution in [0.15, 0.2) is 60.9 Å². The van der Waals surface area contributed by atoms with Gasteiger partial charge in [0.2, 0.25) is 15.9 Å². The average molecular weight is 385 g/mol. The van der Waals surface area contributed by atoms with Crippen molar-refractivity contribution in [3.05, 3.63) is 66.5 Å². The van der Waals surface area contributed by atoms with Crippen LogP contribution in [0.1, 0.15) is 5.56 Å². The summed E-state index contributed by atoms with van der Waals surface area (Å²) >= 11 is 0. The van der Waals surface area contributed by atoms with Crippen LogP contribution in [0.5, 0.6) is 11.6 Å². The SMILES string of the molecule is CNS(=O)(=O)Cc1ccc(Nc2cc(Oc3ccc(N)cc3)ncn2)cc1. The molecule has 1 heterocycles. The molecule has 0 unspecified atom stereocenters. The summed E-state index contributed by atoms with van der Waals surface area (Å²) < 4.78 is 31.1. The Bertz CT molecular complexity index is 1010.